The molecule has 0 unspecified atom stereocenters. The topological polar surface area (TPSA) is 37.8 Å². The van der Waals surface area contributed by atoms with Gasteiger partial charge in [0.15, 0.2) is 0 Å². The first-order chi connectivity index (χ1) is 14.3. The van der Waals surface area contributed by atoms with Crippen molar-refractivity contribution in [1.29, 1.82) is 0 Å². The van der Waals surface area contributed by atoms with Crippen molar-refractivity contribution in [2.24, 2.45) is 0 Å². The second-order valence-corrected chi connectivity index (χ2v) is 8.91. The van der Waals surface area contributed by atoms with Gasteiger partial charge in [0.05, 0.1) is 16.6 Å². The van der Waals surface area contributed by atoms with E-state index in [0.29, 0.717) is 16.0 Å². The van der Waals surface area contributed by atoms with Crippen LogP contribution in [0.3, 0.4) is 0 Å². The van der Waals surface area contributed by atoms with Crippen LogP contribution in [0, 0.1) is 0 Å². The quantitative estimate of drug-likeness (QED) is 0.300. The highest BCUT2D eigenvalue weighted by Crippen LogP contribution is 2.43. The van der Waals surface area contributed by atoms with E-state index in [0.717, 1.165) is 33.0 Å². The Morgan fingerprint density at radius 3 is 2.50 bits per heavy atom. The van der Waals surface area contributed by atoms with Gasteiger partial charge in [-0.25, -0.2) is 9.97 Å². The van der Waals surface area contributed by atoms with Gasteiger partial charge in [0, 0.05) is 19.9 Å². The van der Waals surface area contributed by atoms with E-state index in [1.165, 1.54) is 29.8 Å². The van der Waals surface area contributed by atoms with E-state index in [4.69, 9.17) is 11.6 Å². The first-order valence-corrected chi connectivity index (χ1v) is 10.9. The van der Waals surface area contributed by atoms with E-state index >= 15 is 0 Å². The average molecular weight is 513 g/mol. The molecule has 0 saturated heterocycles. The lowest BCUT2D eigenvalue weighted by Gasteiger charge is -2.15. The average Bonchev–Trinajstić information content (AvgIpc) is 3.09. The summed E-state index contributed by atoms with van der Waals surface area (Å²) in [7, 11) is 0. The van der Waals surface area contributed by atoms with E-state index in [-0.39, 0.29) is 10.7 Å². The molecule has 0 amide bonds. The summed E-state index contributed by atoms with van der Waals surface area (Å²) in [5.41, 5.74) is 0.915. The summed E-state index contributed by atoms with van der Waals surface area (Å²) in [6.07, 6.45) is -2.44. The van der Waals surface area contributed by atoms with Crippen LogP contribution in [0.4, 0.5) is 24.7 Å². The lowest BCUT2D eigenvalue weighted by atomic mass is 10.0. The molecule has 2 aromatic heterocycles. The number of aromatic nitrogens is 2. The molecule has 0 aliphatic carbocycles. The fourth-order valence-corrected chi connectivity index (χ4v) is 4.77. The standard InChI is InChI=1S/C21H14BrClF3N3S/c1-2-16-17(11-3-5-12(22)6-4-11)18-19(27-10-28-20(18)30-16)29-15-8-7-13(23)9-14(15)21(24,25)26/h3-10H,2H2,1H3,(H,27,28,29). The third-order valence-electron chi connectivity index (χ3n) is 4.56. The lowest BCUT2D eigenvalue weighted by Crippen LogP contribution is -2.09. The van der Waals surface area contributed by atoms with Crippen LogP contribution in [0.5, 0.6) is 0 Å². The molecule has 0 bridgehead atoms. The first kappa shape index (κ1) is 21.1. The van der Waals surface area contributed by atoms with Gasteiger partial charge in [-0.2, -0.15) is 13.2 Å². The number of anilines is 2. The predicted octanol–water partition coefficient (Wildman–Crippen LogP) is 8.10. The van der Waals surface area contributed by atoms with Crippen molar-refractivity contribution in [3.63, 3.8) is 0 Å². The van der Waals surface area contributed by atoms with Crippen molar-refractivity contribution in [3.8, 4) is 11.1 Å². The van der Waals surface area contributed by atoms with E-state index in [2.05, 4.69) is 31.2 Å². The van der Waals surface area contributed by atoms with Crippen LogP contribution >= 0.6 is 38.9 Å². The SMILES string of the molecule is CCc1sc2ncnc(Nc3ccc(Cl)cc3C(F)(F)F)c2c1-c1ccc(Br)cc1. The number of halogens is 5. The van der Waals surface area contributed by atoms with Gasteiger partial charge in [-0.05, 0) is 42.3 Å². The summed E-state index contributed by atoms with van der Waals surface area (Å²) in [5.74, 6) is 0.321. The highest BCUT2D eigenvalue weighted by Gasteiger charge is 2.34. The number of alkyl halides is 3. The molecule has 0 fully saturated rings. The van der Waals surface area contributed by atoms with Gasteiger partial charge in [-0.3, -0.25) is 0 Å². The maximum Gasteiger partial charge on any atom is 0.418 e. The highest BCUT2D eigenvalue weighted by molar-refractivity contribution is 9.10. The molecule has 154 valence electrons. The molecule has 9 heteroatoms. The van der Waals surface area contributed by atoms with Gasteiger partial charge in [0.2, 0.25) is 0 Å². The molecule has 0 atom stereocenters. The fourth-order valence-electron chi connectivity index (χ4n) is 3.23. The van der Waals surface area contributed by atoms with Gasteiger partial charge in [-0.1, -0.05) is 46.6 Å². The third-order valence-corrected chi connectivity index (χ3v) is 6.56. The van der Waals surface area contributed by atoms with Crippen molar-refractivity contribution in [2.75, 3.05) is 5.32 Å². The largest absolute Gasteiger partial charge is 0.418 e. The Kier molecular flexibility index (Phi) is 5.74. The Labute approximate surface area is 188 Å². The Bertz CT molecular complexity index is 1220. The second-order valence-electron chi connectivity index (χ2n) is 6.48. The number of benzene rings is 2. The number of rotatable bonds is 4. The van der Waals surface area contributed by atoms with Crippen molar-refractivity contribution in [1.82, 2.24) is 9.97 Å². The summed E-state index contributed by atoms with van der Waals surface area (Å²) in [6.45, 7) is 2.04. The normalized spacial score (nSPS) is 11.8. The molecule has 0 aliphatic rings. The number of nitrogens with zero attached hydrogens (tertiary/aromatic N) is 2. The molecule has 0 aliphatic heterocycles. The van der Waals surface area contributed by atoms with Crippen molar-refractivity contribution in [3.05, 3.63) is 68.7 Å². The van der Waals surface area contributed by atoms with E-state index < -0.39 is 11.7 Å². The highest BCUT2D eigenvalue weighted by atomic mass is 79.9. The second kappa shape index (κ2) is 8.17. The molecular weight excluding hydrogens is 499 g/mol. The zero-order chi connectivity index (χ0) is 21.5. The molecule has 4 rings (SSSR count). The maximum absolute atomic E-state index is 13.6. The zero-order valence-corrected chi connectivity index (χ0v) is 18.7. The Balaban J connectivity index is 1.92. The molecule has 1 N–H and O–H groups in total. The minimum atomic E-state index is -4.56. The van der Waals surface area contributed by atoms with Crippen LogP contribution in [-0.4, -0.2) is 9.97 Å². The minimum Gasteiger partial charge on any atom is -0.339 e. The predicted molar refractivity (Wildman–Crippen MR) is 120 cm³/mol. The van der Waals surface area contributed by atoms with E-state index in [1.807, 2.05) is 31.2 Å². The van der Waals surface area contributed by atoms with Crippen LogP contribution in [0.25, 0.3) is 21.3 Å². The molecule has 0 radical (unpaired) electrons. The minimum absolute atomic E-state index is 0.0139. The number of aryl methyl sites for hydroxylation is 1. The van der Waals surface area contributed by atoms with Gasteiger partial charge in [-0.15, -0.1) is 11.3 Å². The van der Waals surface area contributed by atoms with Gasteiger partial charge >= 0.3 is 6.18 Å². The number of hydrogen-bond acceptors (Lipinski definition) is 4. The molecule has 0 spiro atoms. The Hall–Kier alpha value is -2.16. The summed E-state index contributed by atoms with van der Waals surface area (Å²) >= 11 is 10.8. The lowest BCUT2D eigenvalue weighted by molar-refractivity contribution is -0.136. The number of hydrogen-bond donors (Lipinski definition) is 1. The molecule has 2 heterocycles. The van der Waals surface area contributed by atoms with Gasteiger partial charge in [0.1, 0.15) is 17.0 Å². The summed E-state index contributed by atoms with van der Waals surface area (Å²) in [4.78, 5) is 10.4. The van der Waals surface area contributed by atoms with Crippen LogP contribution in [0.2, 0.25) is 5.02 Å². The van der Waals surface area contributed by atoms with Crippen LogP contribution < -0.4 is 5.32 Å². The van der Waals surface area contributed by atoms with E-state index in [1.54, 1.807) is 0 Å². The maximum atomic E-state index is 13.6. The molecule has 4 aromatic rings. The van der Waals surface area contributed by atoms with Crippen LogP contribution in [0.1, 0.15) is 17.4 Å². The van der Waals surface area contributed by atoms with Gasteiger partial charge in [0.25, 0.3) is 0 Å². The number of fused-ring (bicyclic) bond motifs is 1. The summed E-state index contributed by atoms with van der Waals surface area (Å²) in [5, 5.41) is 3.59. The molecular formula is C21H14BrClF3N3S. The van der Waals surface area contributed by atoms with Crippen LogP contribution in [-0.2, 0) is 12.6 Å². The Morgan fingerprint density at radius 2 is 1.83 bits per heavy atom. The fraction of sp³-hybridized carbons (Fsp3) is 0.143. The van der Waals surface area contributed by atoms with Crippen molar-refractivity contribution in [2.45, 2.75) is 19.5 Å². The van der Waals surface area contributed by atoms with Crippen molar-refractivity contribution >= 4 is 60.6 Å². The van der Waals surface area contributed by atoms with E-state index in [9.17, 15) is 13.2 Å². The summed E-state index contributed by atoms with van der Waals surface area (Å²) in [6, 6.07) is 11.4. The molecule has 30 heavy (non-hydrogen) atoms. The smallest absolute Gasteiger partial charge is 0.339 e. The third kappa shape index (κ3) is 4.04. The Morgan fingerprint density at radius 1 is 1.10 bits per heavy atom. The number of nitrogens with one attached hydrogen (secondary N) is 1. The number of thiophene rings is 1. The zero-order valence-electron chi connectivity index (χ0n) is 15.5. The first-order valence-electron chi connectivity index (χ1n) is 8.94. The molecule has 0 saturated carbocycles. The monoisotopic (exact) mass is 511 g/mol. The van der Waals surface area contributed by atoms with Crippen molar-refractivity contribution < 1.29 is 13.2 Å². The summed E-state index contributed by atoms with van der Waals surface area (Å²) < 4.78 is 41.6. The molecule has 3 nitrogen and oxygen atoms in total. The van der Waals surface area contributed by atoms with Gasteiger partial charge < -0.3 is 5.32 Å². The molecule has 2 aromatic carbocycles. The van der Waals surface area contributed by atoms with Crippen LogP contribution in [0.15, 0.2) is 53.3 Å².